The Labute approximate surface area is 123 Å². The molecular formula is C15H12BrNOS. The molecule has 0 aliphatic heterocycles. The molecule has 0 fully saturated rings. The number of phenolic OH excluding ortho intramolecular Hbond substituents is 1. The van der Waals surface area contributed by atoms with Crippen LogP contribution in [0.4, 0.5) is 0 Å². The smallest absolute Gasteiger partial charge is 0.124 e. The van der Waals surface area contributed by atoms with E-state index in [0.717, 1.165) is 37.2 Å². The van der Waals surface area contributed by atoms with Gasteiger partial charge in [0.05, 0.1) is 10.2 Å². The van der Waals surface area contributed by atoms with Crippen molar-refractivity contribution in [2.75, 3.05) is 0 Å². The quantitative estimate of drug-likeness (QED) is 0.716. The highest BCUT2D eigenvalue weighted by atomic mass is 79.9. The molecule has 0 unspecified atom stereocenters. The molecule has 0 amide bonds. The van der Waals surface area contributed by atoms with E-state index in [9.17, 15) is 5.11 Å². The van der Waals surface area contributed by atoms with Crippen LogP contribution < -0.4 is 0 Å². The zero-order chi connectivity index (χ0) is 13.4. The first-order valence-corrected chi connectivity index (χ1v) is 7.66. The van der Waals surface area contributed by atoms with Crippen molar-refractivity contribution in [2.24, 2.45) is 0 Å². The number of halogens is 1. The largest absolute Gasteiger partial charge is 0.508 e. The van der Waals surface area contributed by atoms with Crippen molar-refractivity contribution in [1.82, 2.24) is 4.98 Å². The molecule has 3 aromatic rings. The van der Waals surface area contributed by atoms with Gasteiger partial charge in [-0.15, -0.1) is 11.3 Å². The molecule has 0 aliphatic carbocycles. The van der Waals surface area contributed by atoms with Crippen LogP contribution in [0.5, 0.6) is 5.75 Å². The summed E-state index contributed by atoms with van der Waals surface area (Å²) in [4.78, 5) is 4.65. The van der Waals surface area contributed by atoms with Crippen LogP contribution in [0.25, 0.3) is 20.8 Å². The minimum Gasteiger partial charge on any atom is -0.508 e. The van der Waals surface area contributed by atoms with E-state index in [2.05, 4.69) is 27.0 Å². The van der Waals surface area contributed by atoms with Crippen LogP contribution in [0, 0.1) is 0 Å². The lowest BCUT2D eigenvalue weighted by Gasteiger charge is -2.03. The Bertz CT molecular complexity index is 751. The molecule has 0 bridgehead atoms. The van der Waals surface area contributed by atoms with E-state index in [-0.39, 0.29) is 0 Å². The van der Waals surface area contributed by atoms with E-state index in [1.165, 1.54) is 0 Å². The van der Waals surface area contributed by atoms with Gasteiger partial charge in [0.25, 0.3) is 0 Å². The Morgan fingerprint density at radius 1 is 1.21 bits per heavy atom. The number of phenols is 1. The molecule has 2 nitrogen and oxygen atoms in total. The normalized spacial score (nSPS) is 11.1. The van der Waals surface area contributed by atoms with E-state index in [1.807, 2.05) is 31.2 Å². The second kappa shape index (κ2) is 4.94. The van der Waals surface area contributed by atoms with Crippen LogP contribution in [-0.2, 0) is 6.42 Å². The third-order valence-corrected chi connectivity index (χ3v) is 4.62. The molecule has 0 saturated carbocycles. The Balaban J connectivity index is 2.13. The van der Waals surface area contributed by atoms with Crippen LogP contribution in [0.15, 0.2) is 40.9 Å². The van der Waals surface area contributed by atoms with E-state index < -0.39 is 0 Å². The van der Waals surface area contributed by atoms with Gasteiger partial charge < -0.3 is 5.11 Å². The number of hydrogen-bond acceptors (Lipinski definition) is 3. The van der Waals surface area contributed by atoms with Crippen molar-refractivity contribution < 1.29 is 5.11 Å². The minimum absolute atomic E-state index is 0.357. The number of rotatable bonds is 2. The molecule has 0 atom stereocenters. The number of fused-ring (bicyclic) bond motifs is 1. The van der Waals surface area contributed by atoms with Gasteiger partial charge in [-0.2, -0.15) is 0 Å². The lowest BCUT2D eigenvalue weighted by Crippen LogP contribution is -1.83. The molecule has 1 aromatic heterocycles. The molecule has 0 aliphatic rings. The van der Waals surface area contributed by atoms with Gasteiger partial charge in [0.1, 0.15) is 10.8 Å². The predicted octanol–water partition coefficient (Wildman–Crippen LogP) is 4.99. The van der Waals surface area contributed by atoms with E-state index in [4.69, 9.17) is 0 Å². The lowest BCUT2D eigenvalue weighted by atomic mass is 10.1. The van der Waals surface area contributed by atoms with Crippen LogP contribution >= 0.6 is 27.3 Å². The summed E-state index contributed by atoms with van der Waals surface area (Å²) in [6.07, 6.45) is 0.816. The first-order valence-electron chi connectivity index (χ1n) is 6.05. The van der Waals surface area contributed by atoms with Gasteiger partial charge in [-0.3, -0.25) is 0 Å². The van der Waals surface area contributed by atoms with E-state index in [1.54, 1.807) is 17.4 Å². The standard InChI is InChI=1S/C15H12BrNOS/c1-2-9-7-10(3-6-13(9)18)15-17-12-5-4-11(16)8-14(12)19-15/h3-8,18H,2H2,1H3. The summed E-state index contributed by atoms with van der Waals surface area (Å²) >= 11 is 5.14. The number of aryl methyl sites for hydroxylation is 1. The Morgan fingerprint density at radius 3 is 2.84 bits per heavy atom. The minimum atomic E-state index is 0.357. The number of hydrogen-bond donors (Lipinski definition) is 1. The lowest BCUT2D eigenvalue weighted by molar-refractivity contribution is 0.469. The highest BCUT2D eigenvalue weighted by Gasteiger charge is 2.08. The molecule has 0 radical (unpaired) electrons. The molecule has 19 heavy (non-hydrogen) atoms. The van der Waals surface area contributed by atoms with Gasteiger partial charge in [-0.1, -0.05) is 22.9 Å². The van der Waals surface area contributed by atoms with E-state index >= 15 is 0 Å². The van der Waals surface area contributed by atoms with Crippen LogP contribution in [-0.4, -0.2) is 10.1 Å². The summed E-state index contributed by atoms with van der Waals surface area (Å²) in [7, 11) is 0. The number of aromatic hydroxyl groups is 1. The fourth-order valence-corrected chi connectivity index (χ4v) is 3.54. The zero-order valence-corrected chi connectivity index (χ0v) is 12.8. The second-order valence-corrected chi connectivity index (χ2v) is 6.27. The monoisotopic (exact) mass is 333 g/mol. The first-order chi connectivity index (χ1) is 9.17. The highest BCUT2D eigenvalue weighted by molar-refractivity contribution is 9.10. The third kappa shape index (κ3) is 2.38. The molecule has 96 valence electrons. The average Bonchev–Trinajstić information content (AvgIpc) is 2.82. The SMILES string of the molecule is CCc1cc(-c2nc3ccc(Br)cc3s2)ccc1O. The maximum Gasteiger partial charge on any atom is 0.124 e. The van der Waals surface area contributed by atoms with Gasteiger partial charge in [-0.25, -0.2) is 4.98 Å². The zero-order valence-electron chi connectivity index (χ0n) is 10.4. The first kappa shape index (κ1) is 12.6. The van der Waals surface area contributed by atoms with Crippen LogP contribution in [0.2, 0.25) is 0 Å². The van der Waals surface area contributed by atoms with Crippen molar-refractivity contribution in [3.8, 4) is 16.3 Å². The maximum absolute atomic E-state index is 9.73. The van der Waals surface area contributed by atoms with Crippen molar-refractivity contribution in [3.05, 3.63) is 46.4 Å². The summed E-state index contributed by atoms with van der Waals surface area (Å²) in [5, 5.41) is 10.7. The molecule has 4 heteroatoms. The van der Waals surface area contributed by atoms with Gasteiger partial charge >= 0.3 is 0 Å². The Kier molecular flexibility index (Phi) is 3.29. The Morgan fingerprint density at radius 2 is 2.05 bits per heavy atom. The summed E-state index contributed by atoms with van der Waals surface area (Å²) in [5.74, 6) is 0.357. The summed E-state index contributed by atoms with van der Waals surface area (Å²) in [5.41, 5.74) is 3.03. The molecule has 1 heterocycles. The van der Waals surface area contributed by atoms with Crippen LogP contribution in [0.1, 0.15) is 12.5 Å². The number of benzene rings is 2. The van der Waals surface area contributed by atoms with Crippen LogP contribution in [0.3, 0.4) is 0 Å². The molecular weight excluding hydrogens is 322 g/mol. The van der Waals surface area contributed by atoms with Gasteiger partial charge in [0, 0.05) is 10.0 Å². The number of thiazole rings is 1. The van der Waals surface area contributed by atoms with Gasteiger partial charge in [0.2, 0.25) is 0 Å². The maximum atomic E-state index is 9.73. The fourth-order valence-electron chi connectivity index (χ4n) is 2.02. The number of aromatic nitrogens is 1. The average molecular weight is 334 g/mol. The molecule has 1 N–H and O–H groups in total. The van der Waals surface area contributed by atoms with Crippen molar-refractivity contribution in [1.29, 1.82) is 0 Å². The fraction of sp³-hybridized carbons (Fsp3) is 0.133. The third-order valence-electron chi connectivity index (χ3n) is 3.06. The van der Waals surface area contributed by atoms with Crippen molar-refractivity contribution in [3.63, 3.8) is 0 Å². The predicted molar refractivity (Wildman–Crippen MR) is 83.8 cm³/mol. The summed E-state index contributed by atoms with van der Waals surface area (Å²) in [6, 6.07) is 11.8. The highest BCUT2D eigenvalue weighted by Crippen LogP contribution is 2.33. The van der Waals surface area contributed by atoms with E-state index in [0.29, 0.717) is 5.75 Å². The van der Waals surface area contributed by atoms with Crippen molar-refractivity contribution in [2.45, 2.75) is 13.3 Å². The summed E-state index contributed by atoms with van der Waals surface area (Å²) in [6.45, 7) is 2.04. The molecule has 0 saturated heterocycles. The topological polar surface area (TPSA) is 33.1 Å². The number of nitrogens with zero attached hydrogens (tertiary/aromatic N) is 1. The molecule has 0 spiro atoms. The second-order valence-electron chi connectivity index (χ2n) is 4.33. The van der Waals surface area contributed by atoms with Crippen molar-refractivity contribution >= 4 is 37.5 Å². The summed E-state index contributed by atoms with van der Waals surface area (Å²) < 4.78 is 2.23. The molecule has 2 aromatic carbocycles. The van der Waals surface area contributed by atoms with Gasteiger partial charge in [0.15, 0.2) is 0 Å². The molecule has 3 rings (SSSR count). The van der Waals surface area contributed by atoms with Gasteiger partial charge in [-0.05, 0) is 48.4 Å². The Hall–Kier alpha value is -1.39.